The van der Waals surface area contributed by atoms with Gasteiger partial charge in [-0.2, -0.15) is 11.8 Å². The molecule has 1 aliphatic rings. The van der Waals surface area contributed by atoms with E-state index in [0.717, 1.165) is 29.8 Å². The molecule has 1 atom stereocenters. The maximum Gasteiger partial charge on any atom is 0.127 e. The summed E-state index contributed by atoms with van der Waals surface area (Å²) < 4.78 is 10.6. The van der Waals surface area contributed by atoms with E-state index in [1.54, 1.807) is 14.2 Å². The number of hydrogen-bond donors (Lipinski definition) is 1. The zero-order chi connectivity index (χ0) is 13.5. The average Bonchev–Trinajstić information content (AvgIpc) is 2.48. The Bertz CT molecular complexity index is 392. The standard InChI is InChI=1S/C15H23NO2S/c1-17-13-7-6-12(15(9-13)18-2)10-16-11-14-5-3-4-8-19-14/h6-7,9,14,16H,3-5,8,10-11H2,1-2H3. The van der Waals surface area contributed by atoms with Gasteiger partial charge in [-0.3, -0.25) is 0 Å². The first-order valence-corrected chi connectivity index (χ1v) is 7.91. The quantitative estimate of drug-likeness (QED) is 0.868. The number of benzene rings is 1. The SMILES string of the molecule is COc1ccc(CNCC2CCCCS2)c(OC)c1. The summed E-state index contributed by atoms with van der Waals surface area (Å²) in [7, 11) is 3.38. The maximum atomic E-state index is 5.41. The fourth-order valence-electron chi connectivity index (χ4n) is 2.33. The van der Waals surface area contributed by atoms with E-state index in [0.29, 0.717) is 0 Å². The Labute approximate surface area is 120 Å². The van der Waals surface area contributed by atoms with Crippen LogP contribution in [0.15, 0.2) is 18.2 Å². The molecule has 0 amide bonds. The molecule has 0 aliphatic carbocycles. The van der Waals surface area contributed by atoms with Gasteiger partial charge in [-0.25, -0.2) is 0 Å². The topological polar surface area (TPSA) is 30.5 Å². The van der Waals surface area contributed by atoms with E-state index in [1.807, 2.05) is 12.1 Å². The number of nitrogens with one attached hydrogen (secondary N) is 1. The van der Waals surface area contributed by atoms with Crippen LogP contribution < -0.4 is 14.8 Å². The van der Waals surface area contributed by atoms with Gasteiger partial charge in [0, 0.05) is 30.0 Å². The van der Waals surface area contributed by atoms with E-state index >= 15 is 0 Å². The molecule has 1 unspecified atom stereocenters. The average molecular weight is 281 g/mol. The fourth-order valence-corrected chi connectivity index (χ4v) is 3.61. The summed E-state index contributed by atoms with van der Waals surface area (Å²) in [6, 6.07) is 5.99. The number of ether oxygens (including phenoxy) is 2. The van der Waals surface area contributed by atoms with Gasteiger partial charge in [-0.1, -0.05) is 12.5 Å². The lowest BCUT2D eigenvalue weighted by atomic mass is 10.1. The van der Waals surface area contributed by atoms with Crippen LogP contribution in [0.2, 0.25) is 0 Å². The molecular formula is C15H23NO2S. The molecule has 0 radical (unpaired) electrons. The highest BCUT2D eigenvalue weighted by molar-refractivity contribution is 7.99. The van der Waals surface area contributed by atoms with Crippen LogP contribution in [0, 0.1) is 0 Å². The molecule has 2 rings (SSSR count). The lowest BCUT2D eigenvalue weighted by Gasteiger charge is -2.21. The second kappa shape index (κ2) is 7.65. The molecule has 4 heteroatoms. The number of rotatable bonds is 6. The molecule has 106 valence electrons. The summed E-state index contributed by atoms with van der Waals surface area (Å²) in [6.07, 6.45) is 4.11. The van der Waals surface area contributed by atoms with Gasteiger partial charge in [-0.15, -0.1) is 0 Å². The molecule has 1 aromatic carbocycles. The van der Waals surface area contributed by atoms with Crippen molar-refractivity contribution in [1.82, 2.24) is 5.32 Å². The van der Waals surface area contributed by atoms with Crippen molar-refractivity contribution in [2.75, 3.05) is 26.5 Å². The monoisotopic (exact) mass is 281 g/mol. The molecule has 0 bridgehead atoms. The highest BCUT2D eigenvalue weighted by atomic mass is 32.2. The minimum absolute atomic E-state index is 0.776. The summed E-state index contributed by atoms with van der Waals surface area (Å²) in [5.74, 6) is 3.05. The van der Waals surface area contributed by atoms with E-state index in [-0.39, 0.29) is 0 Å². The molecule has 19 heavy (non-hydrogen) atoms. The van der Waals surface area contributed by atoms with Gasteiger partial charge in [0.25, 0.3) is 0 Å². The highest BCUT2D eigenvalue weighted by Crippen LogP contribution is 2.26. The van der Waals surface area contributed by atoms with Gasteiger partial charge >= 0.3 is 0 Å². The van der Waals surface area contributed by atoms with Crippen LogP contribution in [0.4, 0.5) is 0 Å². The van der Waals surface area contributed by atoms with Crippen LogP contribution in [0.25, 0.3) is 0 Å². The van der Waals surface area contributed by atoms with Gasteiger partial charge < -0.3 is 14.8 Å². The second-order valence-electron chi connectivity index (χ2n) is 4.80. The van der Waals surface area contributed by atoms with Crippen molar-refractivity contribution in [2.24, 2.45) is 0 Å². The molecule has 1 aliphatic heterocycles. The Morgan fingerprint density at radius 3 is 2.84 bits per heavy atom. The van der Waals surface area contributed by atoms with Crippen molar-refractivity contribution in [2.45, 2.75) is 31.1 Å². The first-order chi connectivity index (χ1) is 9.33. The number of thioether (sulfide) groups is 1. The van der Waals surface area contributed by atoms with Crippen LogP contribution in [0.5, 0.6) is 11.5 Å². The Balaban J connectivity index is 1.84. The van der Waals surface area contributed by atoms with E-state index in [4.69, 9.17) is 9.47 Å². The van der Waals surface area contributed by atoms with Gasteiger partial charge in [0.15, 0.2) is 0 Å². The lowest BCUT2D eigenvalue weighted by molar-refractivity contribution is 0.389. The van der Waals surface area contributed by atoms with E-state index < -0.39 is 0 Å². The first-order valence-electron chi connectivity index (χ1n) is 6.86. The van der Waals surface area contributed by atoms with Crippen LogP contribution in [0.1, 0.15) is 24.8 Å². The summed E-state index contributed by atoms with van der Waals surface area (Å²) in [5, 5.41) is 4.32. The molecule has 1 saturated heterocycles. The van der Waals surface area contributed by atoms with Crippen molar-refractivity contribution < 1.29 is 9.47 Å². The van der Waals surface area contributed by atoms with Crippen LogP contribution in [-0.4, -0.2) is 31.8 Å². The number of methoxy groups -OCH3 is 2. The third kappa shape index (κ3) is 4.32. The molecule has 1 N–H and O–H groups in total. The van der Waals surface area contributed by atoms with E-state index in [2.05, 4.69) is 23.1 Å². The summed E-state index contributed by atoms with van der Waals surface area (Å²) >= 11 is 2.10. The normalized spacial score (nSPS) is 19.2. The van der Waals surface area contributed by atoms with Crippen molar-refractivity contribution in [3.8, 4) is 11.5 Å². The first kappa shape index (κ1) is 14.5. The van der Waals surface area contributed by atoms with Crippen molar-refractivity contribution in [3.05, 3.63) is 23.8 Å². The minimum Gasteiger partial charge on any atom is -0.497 e. The predicted octanol–water partition coefficient (Wildman–Crippen LogP) is 3.08. The largest absolute Gasteiger partial charge is 0.497 e. The van der Waals surface area contributed by atoms with Crippen molar-refractivity contribution in [3.63, 3.8) is 0 Å². The Morgan fingerprint density at radius 2 is 2.16 bits per heavy atom. The maximum absolute atomic E-state index is 5.41. The molecule has 0 saturated carbocycles. The Kier molecular flexibility index (Phi) is 5.86. The molecule has 1 fully saturated rings. The minimum atomic E-state index is 0.776. The van der Waals surface area contributed by atoms with Gasteiger partial charge in [0.05, 0.1) is 14.2 Å². The highest BCUT2D eigenvalue weighted by Gasteiger charge is 2.13. The van der Waals surface area contributed by atoms with Crippen LogP contribution in [-0.2, 0) is 6.54 Å². The van der Waals surface area contributed by atoms with E-state index in [1.165, 1.54) is 30.6 Å². The number of hydrogen-bond acceptors (Lipinski definition) is 4. The molecule has 0 aromatic heterocycles. The molecular weight excluding hydrogens is 258 g/mol. The molecule has 1 aromatic rings. The fraction of sp³-hybridized carbons (Fsp3) is 0.600. The molecule has 1 heterocycles. The predicted molar refractivity (Wildman–Crippen MR) is 81.3 cm³/mol. The van der Waals surface area contributed by atoms with Crippen molar-refractivity contribution >= 4 is 11.8 Å². The second-order valence-corrected chi connectivity index (χ2v) is 6.21. The van der Waals surface area contributed by atoms with E-state index in [9.17, 15) is 0 Å². The molecule has 0 spiro atoms. The van der Waals surface area contributed by atoms with Gasteiger partial charge in [0.2, 0.25) is 0 Å². The van der Waals surface area contributed by atoms with Crippen molar-refractivity contribution in [1.29, 1.82) is 0 Å². The zero-order valence-electron chi connectivity index (χ0n) is 11.8. The molecule has 3 nitrogen and oxygen atoms in total. The Hall–Kier alpha value is -0.870. The Morgan fingerprint density at radius 1 is 1.26 bits per heavy atom. The van der Waals surface area contributed by atoms with Crippen LogP contribution >= 0.6 is 11.8 Å². The third-order valence-electron chi connectivity index (χ3n) is 3.46. The van der Waals surface area contributed by atoms with Gasteiger partial charge in [0.1, 0.15) is 11.5 Å². The third-order valence-corrected chi connectivity index (χ3v) is 4.85. The zero-order valence-corrected chi connectivity index (χ0v) is 12.6. The smallest absolute Gasteiger partial charge is 0.127 e. The van der Waals surface area contributed by atoms with Gasteiger partial charge in [-0.05, 0) is 24.7 Å². The summed E-state index contributed by atoms with van der Waals surface area (Å²) in [5.41, 5.74) is 1.18. The lowest BCUT2D eigenvalue weighted by Crippen LogP contribution is -2.26. The summed E-state index contributed by atoms with van der Waals surface area (Å²) in [6.45, 7) is 1.93. The van der Waals surface area contributed by atoms with Crippen LogP contribution in [0.3, 0.4) is 0 Å². The summed E-state index contributed by atoms with van der Waals surface area (Å²) in [4.78, 5) is 0.